The molecule has 0 atom stereocenters. The second-order valence-corrected chi connectivity index (χ2v) is 2.68. The van der Waals surface area contributed by atoms with Crippen LogP contribution in [-0.2, 0) is 0 Å². The highest BCUT2D eigenvalue weighted by molar-refractivity contribution is 5.20. The van der Waals surface area contributed by atoms with Crippen molar-refractivity contribution in [2.24, 2.45) is 5.41 Å². The number of hydrogen-bond acceptors (Lipinski definition) is 2. The highest BCUT2D eigenvalue weighted by atomic mass is 14.3. The van der Waals surface area contributed by atoms with Gasteiger partial charge in [0.1, 0.15) is 0 Å². The van der Waals surface area contributed by atoms with Crippen LogP contribution in [0.5, 0.6) is 0 Å². The van der Waals surface area contributed by atoms with Gasteiger partial charge in [0.25, 0.3) is 0 Å². The summed E-state index contributed by atoms with van der Waals surface area (Å²) in [6.07, 6.45) is 0.264. The van der Waals surface area contributed by atoms with E-state index < -0.39 is 5.41 Å². The van der Waals surface area contributed by atoms with Crippen molar-refractivity contribution in [1.29, 1.82) is 10.5 Å². The molecule has 0 N–H and O–H groups in total. The second kappa shape index (κ2) is 3.03. The van der Waals surface area contributed by atoms with E-state index in [0.29, 0.717) is 5.57 Å². The predicted molar refractivity (Wildman–Crippen MR) is 38.8 cm³/mol. The zero-order valence-electron chi connectivity index (χ0n) is 6.31. The molecule has 0 amide bonds. The molecule has 0 aromatic carbocycles. The van der Waals surface area contributed by atoms with Crippen LogP contribution in [0.2, 0.25) is 0 Å². The van der Waals surface area contributed by atoms with Crippen molar-refractivity contribution in [2.75, 3.05) is 0 Å². The van der Waals surface area contributed by atoms with Crippen molar-refractivity contribution in [3.63, 3.8) is 0 Å². The normalized spacial score (nSPS) is 9.60. The van der Waals surface area contributed by atoms with Gasteiger partial charge in [0.05, 0.1) is 24.0 Å². The summed E-state index contributed by atoms with van der Waals surface area (Å²) < 4.78 is 0. The van der Waals surface area contributed by atoms with Gasteiger partial charge in [-0.1, -0.05) is 6.58 Å². The lowest BCUT2D eigenvalue weighted by Gasteiger charge is -2.15. The van der Waals surface area contributed by atoms with E-state index in [1.54, 1.807) is 13.8 Å². The molecule has 0 aromatic rings. The van der Waals surface area contributed by atoms with Crippen LogP contribution in [0.4, 0.5) is 0 Å². The first-order valence-electron chi connectivity index (χ1n) is 3.01. The average Bonchev–Trinajstić information content (AvgIpc) is 1.89. The van der Waals surface area contributed by atoms with Gasteiger partial charge >= 0.3 is 0 Å². The molecule has 0 saturated heterocycles. The summed E-state index contributed by atoms with van der Waals surface area (Å²) in [7, 11) is 0. The molecular formula is C8H10N2. The number of rotatable bonds is 2. The predicted octanol–water partition coefficient (Wildman–Crippen LogP) is 2.01. The molecule has 0 aliphatic carbocycles. The molecule has 0 spiro atoms. The molecule has 52 valence electrons. The first-order valence-corrected chi connectivity index (χ1v) is 3.01. The quantitative estimate of drug-likeness (QED) is 0.542. The van der Waals surface area contributed by atoms with Crippen LogP contribution < -0.4 is 0 Å². The minimum absolute atomic E-state index is 0.264. The molecule has 0 saturated carbocycles. The lowest BCUT2D eigenvalue weighted by atomic mass is 9.85. The van der Waals surface area contributed by atoms with Crippen molar-refractivity contribution < 1.29 is 0 Å². The van der Waals surface area contributed by atoms with E-state index in [1.165, 1.54) is 0 Å². The maximum Gasteiger partial charge on any atom is 0.0733 e. The SMILES string of the molecule is C=C(CC#N)C(C)(C)C#N. The standard InChI is InChI=1S/C8H10N2/c1-7(4-5-9)8(2,3)6-10/h1,4H2,2-3H3. The van der Waals surface area contributed by atoms with Crippen LogP contribution in [0.3, 0.4) is 0 Å². The summed E-state index contributed by atoms with van der Waals surface area (Å²) in [6.45, 7) is 7.16. The minimum Gasteiger partial charge on any atom is -0.198 e. The molecular weight excluding hydrogens is 124 g/mol. The van der Waals surface area contributed by atoms with Gasteiger partial charge in [0.2, 0.25) is 0 Å². The van der Waals surface area contributed by atoms with Crippen LogP contribution >= 0.6 is 0 Å². The van der Waals surface area contributed by atoms with Gasteiger partial charge in [-0.2, -0.15) is 10.5 Å². The summed E-state index contributed by atoms with van der Waals surface area (Å²) in [4.78, 5) is 0. The molecule has 0 fully saturated rings. The summed E-state index contributed by atoms with van der Waals surface area (Å²) in [5.74, 6) is 0. The smallest absolute Gasteiger partial charge is 0.0733 e. The van der Waals surface area contributed by atoms with Crippen LogP contribution in [0.25, 0.3) is 0 Å². The van der Waals surface area contributed by atoms with Crippen molar-refractivity contribution in [2.45, 2.75) is 20.3 Å². The first-order chi connectivity index (χ1) is 4.54. The molecule has 0 aliphatic heterocycles. The maximum absolute atomic E-state index is 8.57. The number of nitriles is 2. The Morgan fingerprint density at radius 3 is 2.30 bits per heavy atom. The highest BCUT2D eigenvalue weighted by Gasteiger charge is 2.19. The van der Waals surface area contributed by atoms with Gasteiger partial charge in [-0.3, -0.25) is 0 Å². The second-order valence-electron chi connectivity index (χ2n) is 2.68. The van der Waals surface area contributed by atoms with E-state index in [0.717, 1.165) is 0 Å². The largest absolute Gasteiger partial charge is 0.198 e. The van der Waals surface area contributed by atoms with Crippen LogP contribution in [0.1, 0.15) is 20.3 Å². The third kappa shape index (κ3) is 1.91. The monoisotopic (exact) mass is 134 g/mol. The zero-order chi connectivity index (χ0) is 8.20. The van der Waals surface area contributed by atoms with Gasteiger partial charge in [-0.25, -0.2) is 0 Å². The Bertz CT molecular complexity index is 212. The minimum atomic E-state index is -0.560. The van der Waals surface area contributed by atoms with E-state index in [9.17, 15) is 0 Å². The summed E-state index contributed by atoms with van der Waals surface area (Å²) >= 11 is 0. The summed E-state index contributed by atoms with van der Waals surface area (Å²) in [5.41, 5.74) is 0.118. The Balaban J connectivity index is 4.26. The molecule has 0 aromatic heterocycles. The fourth-order valence-corrected chi connectivity index (χ4v) is 0.395. The first kappa shape index (κ1) is 8.72. The molecule has 2 heteroatoms. The van der Waals surface area contributed by atoms with E-state index in [1.807, 2.05) is 6.07 Å². The van der Waals surface area contributed by atoms with Crippen molar-refractivity contribution >= 4 is 0 Å². The topological polar surface area (TPSA) is 47.6 Å². The molecule has 0 rings (SSSR count). The third-order valence-electron chi connectivity index (χ3n) is 1.46. The fourth-order valence-electron chi connectivity index (χ4n) is 0.395. The van der Waals surface area contributed by atoms with E-state index in [2.05, 4.69) is 12.6 Å². The van der Waals surface area contributed by atoms with E-state index in [4.69, 9.17) is 10.5 Å². The Labute approximate surface area is 61.4 Å². The molecule has 0 unspecified atom stereocenters. The number of allylic oxidation sites excluding steroid dienone is 1. The van der Waals surface area contributed by atoms with Gasteiger partial charge < -0.3 is 0 Å². The maximum atomic E-state index is 8.57. The lowest BCUT2D eigenvalue weighted by Crippen LogP contribution is -2.10. The van der Waals surface area contributed by atoms with Crippen LogP contribution in [0, 0.1) is 28.1 Å². The van der Waals surface area contributed by atoms with Crippen molar-refractivity contribution in [3.8, 4) is 12.1 Å². The Kier molecular flexibility index (Phi) is 2.65. The number of hydrogen-bond donors (Lipinski definition) is 0. The fraction of sp³-hybridized carbons (Fsp3) is 0.500. The van der Waals surface area contributed by atoms with E-state index >= 15 is 0 Å². The molecule has 0 aliphatic rings. The number of nitrogens with zero attached hydrogens (tertiary/aromatic N) is 2. The Morgan fingerprint density at radius 1 is 1.50 bits per heavy atom. The van der Waals surface area contributed by atoms with Crippen LogP contribution in [-0.4, -0.2) is 0 Å². The van der Waals surface area contributed by atoms with Crippen molar-refractivity contribution in [3.05, 3.63) is 12.2 Å². The Morgan fingerprint density at radius 2 is 2.00 bits per heavy atom. The third-order valence-corrected chi connectivity index (χ3v) is 1.46. The van der Waals surface area contributed by atoms with Gasteiger partial charge in [0.15, 0.2) is 0 Å². The Hall–Kier alpha value is -1.28. The zero-order valence-corrected chi connectivity index (χ0v) is 6.31. The average molecular weight is 134 g/mol. The van der Waals surface area contributed by atoms with Gasteiger partial charge in [-0.05, 0) is 19.4 Å². The van der Waals surface area contributed by atoms with E-state index in [-0.39, 0.29) is 6.42 Å². The summed E-state index contributed by atoms with van der Waals surface area (Å²) in [6, 6.07) is 4.03. The van der Waals surface area contributed by atoms with Gasteiger partial charge in [-0.15, -0.1) is 0 Å². The van der Waals surface area contributed by atoms with Crippen molar-refractivity contribution in [1.82, 2.24) is 0 Å². The molecule has 10 heavy (non-hydrogen) atoms. The van der Waals surface area contributed by atoms with Crippen LogP contribution in [0.15, 0.2) is 12.2 Å². The molecule has 0 radical (unpaired) electrons. The van der Waals surface area contributed by atoms with Gasteiger partial charge in [0, 0.05) is 0 Å². The lowest BCUT2D eigenvalue weighted by molar-refractivity contribution is 0.588. The molecule has 2 nitrogen and oxygen atoms in total. The highest BCUT2D eigenvalue weighted by Crippen LogP contribution is 2.25. The molecule has 0 heterocycles. The summed E-state index contributed by atoms with van der Waals surface area (Å²) in [5, 5.41) is 16.8. The molecule has 0 bridgehead atoms.